The van der Waals surface area contributed by atoms with Gasteiger partial charge in [-0.3, -0.25) is 4.98 Å². The van der Waals surface area contributed by atoms with Crippen molar-refractivity contribution in [2.45, 2.75) is 6.54 Å². The maximum Gasteiger partial charge on any atom is 0.317 e. The van der Waals surface area contributed by atoms with E-state index in [2.05, 4.69) is 10.3 Å². The van der Waals surface area contributed by atoms with Crippen LogP contribution in [0.4, 0.5) is 4.79 Å². The van der Waals surface area contributed by atoms with Gasteiger partial charge in [-0.15, -0.1) is 0 Å². The second-order valence-corrected chi connectivity index (χ2v) is 4.75. The maximum absolute atomic E-state index is 12.0. The van der Waals surface area contributed by atoms with Crippen molar-refractivity contribution in [1.29, 1.82) is 0 Å². The van der Waals surface area contributed by atoms with Crippen molar-refractivity contribution in [3.8, 4) is 0 Å². The molecule has 0 atom stereocenters. The van der Waals surface area contributed by atoms with Gasteiger partial charge in [-0.25, -0.2) is 4.79 Å². The monoisotopic (exact) mass is 271 g/mol. The van der Waals surface area contributed by atoms with Crippen molar-refractivity contribution in [2.24, 2.45) is 0 Å². The number of urea groups is 1. The lowest BCUT2D eigenvalue weighted by Gasteiger charge is -2.27. The Morgan fingerprint density at radius 1 is 1.25 bits per heavy atom. The Balaban J connectivity index is 1.69. The Kier molecular flexibility index (Phi) is 3.78. The molecule has 0 unspecified atom stereocenters. The van der Waals surface area contributed by atoms with Crippen molar-refractivity contribution >= 4 is 16.9 Å². The molecule has 0 radical (unpaired) electrons. The standard InChI is InChI=1S/C15H17N3O2/c19-15(18-7-9-20-10-8-18)17-11-13-4-1-3-12-5-2-6-16-14(12)13/h1-6H,7-11H2,(H,17,19). The third-order valence-electron chi connectivity index (χ3n) is 3.44. The van der Waals surface area contributed by atoms with Gasteiger partial charge in [-0.2, -0.15) is 0 Å². The van der Waals surface area contributed by atoms with Gasteiger partial charge in [0.25, 0.3) is 0 Å². The zero-order chi connectivity index (χ0) is 13.8. The van der Waals surface area contributed by atoms with Crippen LogP contribution >= 0.6 is 0 Å². The van der Waals surface area contributed by atoms with Crippen LogP contribution in [0.25, 0.3) is 10.9 Å². The lowest BCUT2D eigenvalue weighted by molar-refractivity contribution is 0.0531. The Morgan fingerprint density at radius 2 is 2.05 bits per heavy atom. The van der Waals surface area contributed by atoms with Crippen LogP contribution in [0.3, 0.4) is 0 Å². The summed E-state index contributed by atoms with van der Waals surface area (Å²) in [6, 6.07) is 9.90. The minimum Gasteiger partial charge on any atom is -0.378 e. The Bertz CT molecular complexity index is 604. The number of carbonyl (C=O) groups excluding carboxylic acids is 1. The van der Waals surface area contributed by atoms with Crippen LogP contribution < -0.4 is 5.32 Å². The summed E-state index contributed by atoms with van der Waals surface area (Å²) in [6.07, 6.45) is 1.77. The molecule has 1 aromatic heterocycles. The smallest absolute Gasteiger partial charge is 0.317 e. The molecule has 0 saturated carbocycles. The fraction of sp³-hybridized carbons (Fsp3) is 0.333. The van der Waals surface area contributed by atoms with Gasteiger partial charge >= 0.3 is 6.03 Å². The van der Waals surface area contributed by atoms with Crippen LogP contribution in [0.15, 0.2) is 36.5 Å². The van der Waals surface area contributed by atoms with E-state index < -0.39 is 0 Å². The summed E-state index contributed by atoms with van der Waals surface area (Å²) in [5.41, 5.74) is 1.97. The molecule has 0 spiro atoms. The van der Waals surface area contributed by atoms with Gasteiger partial charge in [-0.05, 0) is 11.6 Å². The summed E-state index contributed by atoms with van der Waals surface area (Å²) in [4.78, 5) is 18.2. The second-order valence-electron chi connectivity index (χ2n) is 4.75. The lowest BCUT2D eigenvalue weighted by atomic mass is 10.1. The van der Waals surface area contributed by atoms with E-state index >= 15 is 0 Å². The van der Waals surface area contributed by atoms with E-state index in [1.165, 1.54) is 0 Å². The van der Waals surface area contributed by atoms with Gasteiger partial charge in [0.1, 0.15) is 0 Å². The molecule has 1 fully saturated rings. The number of ether oxygens (including phenoxy) is 1. The van der Waals surface area contributed by atoms with Crippen LogP contribution in [0.5, 0.6) is 0 Å². The summed E-state index contributed by atoms with van der Waals surface area (Å²) < 4.78 is 5.24. The first-order valence-electron chi connectivity index (χ1n) is 6.78. The van der Waals surface area contributed by atoms with Crippen molar-refractivity contribution in [1.82, 2.24) is 15.2 Å². The normalized spacial score (nSPS) is 15.3. The Morgan fingerprint density at radius 3 is 2.90 bits per heavy atom. The summed E-state index contributed by atoms with van der Waals surface area (Å²) >= 11 is 0. The van der Waals surface area contributed by atoms with Crippen LogP contribution in [-0.2, 0) is 11.3 Å². The number of carbonyl (C=O) groups is 1. The number of para-hydroxylation sites is 1. The summed E-state index contributed by atoms with van der Waals surface area (Å²) in [7, 11) is 0. The molecule has 1 aliphatic heterocycles. The summed E-state index contributed by atoms with van der Waals surface area (Å²) in [6.45, 7) is 3.02. The van der Waals surface area contributed by atoms with Gasteiger partial charge in [0.05, 0.1) is 18.7 Å². The molecule has 2 heterocycles. The third-order valence-corrected chi connectivity index (χ3v) is 3.44. The zero-order valence-corrected chi connectivity index (χ0v) is 11.2. The number of benzene rings is 1. The van der Waals surface area contributed by atoms with Crippen molar-refractivity contribution in [2.75, 3.05) is 26.3 Å². The highest BCUT2D eigenvalue weighted by Crippen LogP contribution is 2.15. The highest BCUT2D eigenvalue weighted by molar-refractivity contribution is 5.82. The SMILES string of the molecule is O=C(NCc1cccc2cccnc12)N1CCOCC1. The fourth-order valence-electron chi connectivity index (χ4n) is 2.36. The average molecular weight is 271 g/mol. The van der Waals surface area contributed by atoms with Crippen molar-refractivity contribution in [3.63, 3.8) is 0 Å². The first-order chi connectivity index (χ1) is 9.84. The zero-order valence-electron chi connectivity index (χ0n) is 11.2. The molecule has 2 aromatic rings. The number of hydrogen-bond donors (Lipinski definition) is 1. The number of nitrogens with one attached hydrogen (secondary N) is 1. The molecule has 5 heteroatoms. The van der Waals surface area contributed by atoms with Crippen molar-refractivity contribution < 1.29 is 9.53 Å². The van der Waals surface area contributed by atoms with Crippen molar-refractivity contribution in [3.05, 3.63) is 42.1 Å². The summed E-state index contributed by atoms with van der Waals surface area (Å²) in [5, 5.41) is 4.04. The first kappa shape index (κ1) is 12.9. The number of nitrogens with zero attached hydrogens (tertiary/aromatic N) is 2. The van der Waals surface area contributed by atoms with Gasteiger partial charge in [-0.1, -0.05) is 24.3 Å². The molecule has 0 bridgehead atoms. The summed E-state index contributed by atoms with van der Waals surface area (Å²) in [5.74, 6) is 0. The van der Waals surface area contributed by atoms with E-state index in [0.29, 0.717) is 32.8 Å². The predicted molar refractivity (Wildman–Crippen MR) is 76.4 cm³/mol. The molecule has 2 amide bonds. The van der Waals surface area contributed by atoms with E-state index in [9.17, 15) is 4.79 Å². The van der Waals surface area contributed by atoms with E-state index in [1.807, 2.05) is 30.3 Å². The highest BCUT2D eigenvalue weighted by atomic mass is 16.5. The maximum atomic E-state index is 12.0. The lowest BCUT2D eigenvalue weighted by Crippen LogP contribution is -2.45. The molecule has 20 heavy (non-hydrogen) atoms. The quantitative estimate of drug-likeness (QED) is 0.905. The van der Waals surface area contributed by atoms with Crippen LogP contribution in [0, 0.1) is 0 Å². The predicted octanol–water partition coefficient (Wildman–Crippen LogP) is 1.78. The van der Waals surface area contributed by atoms with E-state index in [1.54, 1.807) is 11.1 Å². The molecule has 1 aromatic carbocycles. The fourth-order valence-corrected chi connectivity index (χ4v) is 2.36. The molecule has 104 valence electrons. The van der Waals surface area contributed by atoms with E-state index in [4.69, 9.17) is 4.74 Å². The van der Waals surface area contributed by atoms with E-state index in [-0.39, 0.29) is 6.03 Å². The third kappa shape index (κ3) is 2.72. The highest BCUT2D eigenvalue weighted by Gasteiger charge is 2.16. The van der Waals surface area contributed by atoms with Gasteiger partial charge in [0, 0.05) is 31.2 Å². The molecular formula is C15H17N3O2. The van der Waals surface area contributed by atoms with Crippen LogP contribution in [0.1, 0.15) is 5.56 Å². The number of aromatic nitrogens is 1. The topological polar surface area (TPSA) is 54.5 Å². The van der Waals surface area contributed by atoms with Gasteiger partial charge in [0.2, 0.25) is 0 Å². The molecule has 1 N–H and O–H groups in total. The second kappa shape index (κ2) is 5.88. The van der Waals surface area contributed by atoms with Crippen LogP contribution in [-0.4, -0.2) is 42.2 Å². The number of hydrogen-bond acceptors (Lipinski definition) is 3. The number of fused-ring (bicyclic) bond motifs is 1. The molecule has 1 saturated heterocycles. The molecule has 5 nitrogen and oxygen atoms in total. The largest absolute Gasteiger partial charge is 0.378 e. The minimum absolute atomic E-state index is 0.0405. The Labute approximate surface area is 117 Å². The number of amides is 2. The first-order valence-corrected chi connectivity index (χ1v) is 6.78. The molecular weight excluding hydrogens is 254 g/mol. The van der Waals surface area contributed by atoms with E-state index in [0.717, 1.165) is 16.5 Å². The van der Waals surface area contributed by atoms with Gasteiger partial charge in [0.15, 0.2) is 0 Å². The molecule has 0 aliphatic carbocycles. The number of morpholine rings is 1. The molecule has 1 aliphatic rings. The number of pyridine rings is 1. The van der Waals surface area contributed by atoms with Gasteiger partial charge < -0.3 is 15.0 Å². The number of rotatable bonds is 2. The average Bonchev–Trinajstić information content (AvgIpc) is 2.53. The Hall–Kier alpha value is -2.14. The molecule has 3 rings (SSSR count). The van der Waals surface area contributed by atoms with Crippen LogP contribution in [0.2, 0.25) is 0 Å². The minimum atomic E-state index is -0.0405.